The molecule has 1 aliphatic heterocycles. The molecule has 88 heavy (non-hydrogen) atoms. The van der Waals surface area contributed by atoms with Gasteiger partial charge in [-0.2, -0.15) is 0 Å². The Morgan fingerprint density at radius 3 is 1.55 bits per heavy atom. The van der Waals surface area contributed by atoms with Crippen LogP contribution in [0.25, 0.3) is 0 Å². The molecule has 0 radical (unpaired) electrons. The number of rotatable bonds is 41. The van der Waals surface area contributed by atoms with Gasteiger partial charge in [0.25, 0.3) is 15.6 Å². The van der Waals surface area contributed by atoms with Crippen LogP contribution in [0.5, 0.6) is 11.5 Å². The standard InChI is InChI=1S/C67H96BCl3NO14PSi/c1-7-9-11-13-15-17-18-20-22-24-38-48-58(73)80-54(43-29-23-21-19-16-14-12-10-8-2)49-59(74)82-62-60(72-65(76)79-51-67(69,70)71)63(86-88(66(3,4)5,55-44-34-27-35-45-55)56-46-36-28-37-47-56)81-57(50-78-64(75)68-6)61(62)85-87(77,83-52-39-30-25-31-40-52)84-53-41-32-26-33-42-53/h25-28,30-37,39-42,44-47,54,57,60-63,68H,7-24,29,38,43,48-51H2,1-6H3,(H,72,76)/i68T. The quantitative estimate of drug-likeness (QED) is 0.0111. The number of amides is 1. The second-order valence-corrected chi connectivity index (χ2v) is 31.8. The molecule has 1 fully saturated rings. The van der Waals surface area contributed by atoms with Crippen molar-refractivity contribution in [3.63, 3.8) is 0 Å². The highest BCUT2D eigenvalue weighted by Crippen LogP contribution is 2.53. The normalized spacial score (nSPS) is 17.6. The minimum absolute atomic E-state index is 0.0511. The largest absolute Gasteiger partial charge is 0.588 e. The maximum absolute atomic E-state index is 15.7. The summed E-state index contributed by atoms with van der Waals surface area (Å²) in [5.41, 5.74) is 0. The van der Waals surface area contributed by atoms with Crippen LogP contribution in [0.1, 0.15) is 182 Å². The number of benzene rings is 4. The van der Waals surface area contributed by atoms with Crippen LogP contribution >= 0.6 is 42.6 Å². The van der Waals surface area contributed by atoms with E-state index in [4.69, 9.17) is 77.8 Å². The number of alkyl carbamates (subject to hydrolysis) is 1. The van der Waals surface area contributed by atoms with Crippen LogP contribution in [0.3, 0.4) is 0 Å². The third kappa shape index (κ3) is 26.3. The molecule has 1 N–H and O–H groups in total. The van der Waals surface area contributed by atoms with Gasteiger partial charge in [0, 0.05) is 6.42 Å². The van der Waals surface area contributed by atoms with Crippen molar-refractivity contribution in [2.75, 3.05) is 13.2 Å². The van der Waals surface area contributed by atoms with E-state index in [-0.39, 0.29) is 17.9 Å². The van der Waals surface area contributed by atoms with Crippen molar-refractivity contribution in [2.45, 2.75) is 235 Å². The summed E-state index contributed by atoms with van der Waals surface area (Å²) in [4.78, 5) is 56.9. The first kappa shape index (κ1) is 72.5. The number of para-hydroxylation sites is 2. The lowest BCUT2D eigenvalue weighted by Crippen LogP contribution is -2.73. The highest BCUT2D eigenvalue weighted by molar-refractivity contribution is 7.49. The second-order valence-electron chi connectivity index (χ2n) is 23.6. The first-order valence-electron chi connectivity index (χ1n) is 32.4. The molecule has 0 saturated carbocycles. The van der Waals surface area contributed by atoms with Gasteiger partial charge in [0.15, 0.2) is 12.4 Å². The topological polar surface area (TPSA) is 180 Å². The molecule has 5 rings (SSSR count). The number of ether oxygens (including phenoxy) is 5. The predicted octanol–water partition coefficient (Wildman–Crippen LogP) is 16.9. The van der Waals surface area contributed by atoms with Gasteiger partial charge in [0.1, 0.15) is 49.1 Å². The zero-order valence-corrected chi connectivity index (χ0v) is 56.7. The van der Waals surface area contributed by atoms with Gasteiger partial charge in [-0.3, -0.25) is 18.9 Å². The van der Waals surface area contributed by atoms with E-state index in [9.17, 15) is 14.4 Å². The molecule has 21 heteroatoms. The van der Waals surface area contributed by atoms with E-state index < -0.39 is 112 Å². The van der Waals surface area contributed by atoms with Crippen molar-refractivity contribution in [1.82, 2.24) is 5.32 Å². The van der Waals surface area contributed by atoms with Crippen molar-refractivity contribution < 1.29 is 65.4 Å². The van der Waals surface area contributed by atoms with Crippen LogP contribution in [0.15, 0.2) is 121 Å². The van der Waals surface area contributed by atoms with Gasteiger partial charge in [-0.15, -0.1) is 0 Å². The molecule has 486 valence electrons. The van der Waals surface area contributed by atoms with E-state index in [0.29, 0.717) is 19.3 Å². The van der Waals surface area contributed by atoms with E-state index in [1.165, 1.54) is 88.9 Å². The Morgan fingerprint density at radius 1 is 0.636 bits per heavy atom. The number of nitrogens with one attached hydrogen (secondary N) is 1. The van der Waals surface area contributed by atoms with Gasteiger partial charge in [0.05, 0.1) is 6.42 Å². The summed E-state index contributed by atoms with van der Waals surface area (Å²) in [5, 5.41) is 3.60. The van der Waals surface area contributed by atoms with Crippen molar-refractivity contribution in [3.05, 3.63) is 121 Å². The number of alkyl halides is 3. The molecule has 0 bridgehead atoms. The minimum atomic E-state index is -5.05. The molecule has 1 aliphatic rings. The van der Waals surface area contributed by atoms with Crippen LogP contribution in [0, 0.1) is 0 Å². The molecule has 0 aromatic heterocycles. The van der Waals surface area contributed by atoms with Crippen LogP contribution in [-0.2, 0) is 46.8 Å². The van der Waals surface area contributed by atoms with E-state index in [1.54, 1.807) is 36.4 Å². The van der Waals surface area contributed by atoms with Crippen molar-refractivity contribution >= 4 is 92.5 Å². The summed E-state index contributed by atoms with van der Waals surface area (Å²) in [5.74, 6) is -2.22. The van der Waals surface area contributed by atoms with E-state index in [0.717, 1.165) is 68.2 Å². The SMILES string of the molecule is [3H]B(C)C(=O)OCC1OC(O[Si](c2ccccc2)(c2ccccc2)C(C)(C)C)C(NC(=O)OCC(Cl)(Cl)Cl)C(OC(=O)CC(CCCCCCCCCCC)OC(=O)CCCCCCCCCCCCC)C1OP(=O)(Oc1ccccc1)Oc1ccccc1. The average Bonchev–Trinajstić information content (AvgIpc) is 1.86. The summed E-state index contributed by atoms with van der Waals surface area (Å²) in [6.07, 6.45) is 12.5. The van der Waals surface area contributed by atoms with Gasteiger partial charge in [0.2, 0.25) is 9.66 Å². The highest BCUT2D eigenvalue weighted by Gasteiger charge is 2.59. The number of halogens is 3. The molecule has 1 heterocycles. The van der Waals surface area contributed by atoms with Crippen LogP contribution in [0.2, 0.25) is 11.9 Å². The summed E-state index contributed by atoms with van der Waals surface area (Å²) in [6, 6.07) is 33.5. The van der Waals surface area contributed by atoms with E-state index in [1.807, 2.05) is 81.4 Å². The molecular weight excluding hydrogens is 1220 g/mol. The highest BCUT2D eigenvalue weighted by atomic mass is 35.6. The van der Waals surface area contributed by atoms with Crippen LogP contribution in [-0.4, -0.2) is 94.6 Å². The van der Waals surface area contributed by atoms with Gasteiger partial charge in [-0.05, 0) is 60.3 Å². The maximum atomic E-state index is 15.7. The first-order valence-corrected chi connectivity index (χ1v) is 36.4. The number of phosphoric ester groups is 1. The molecule has 4 aromatic carbocycles. The third-order valence-electron chi connectivity index (χ3n) is 15.4. The summed E-state index contributed by atoms with van der Waals surface area (Å²) in [7, 11) is -10.2. The van der Waals surface area contributed by atoms with Crippen molar-refractivity contribution in [1.29, 1.82) is 1.34 Å². The lowest BCUT2D eigenvalue weighted by Gasteiger charge is -2.50. The number of carbonyl (C=O) groups is 4. The van der Waals surface area contributed by atoms with E-state index >= 15 is 9.36 Å². The van der Waals surface area contributed by atoms with Gasteiger partial charge in [-0.25, -0.2) is 9.36 Å². The molecule has 15 nitrogen and oxygen atoms in total. The monoisotopic (exact) mass is 1320 g/mol. The van der Waals surface area contributed by atoms with Gasteiger partial charge < -0.3 is 42.5 Å². The van der Waals surface area contributed by atoms with Crippen molar-refractivity contribution in [3.8, 4) is 11.5 Å². The molecule has 6 atom stereocenters. The Balaban J connectivity index is 1.63. The Bertz CT molecular complexity index is 2620. The molecule has 6 unspecified atom stereocenters. The Morgan fingerprint density at radius 2 is 1.09 bits per heavy atom. The summed E-state index contributed by atoms with van der Waals surface area (Å²) >= 11 is 18.4. The van der Waals surface area contributed by atoms with Crippen LogP contribution in [0.4, 0.5) is 9.59 Å². The fourth-order valence-electron chi connectivity index (χ4n) is 10.9. The molecule has 1 saturated heterocycles. The second kappa shape index (κ2) is 39.6. The molecular formula is C67H96BCl3NO14PSi. The maximum Gasteiger partial charge on any atom is 0.588 e. The zero-order chi connectivity index (χ0) is 64.6. The third-order valence-corrected chi connectivity index (χ3v) is 22.1. The minimum Gasteiger partial charge on any atom is -0.471 e. The van der Waals surface area contributed by atoms with Crippen molar-refractivity contribution in [2.24, 2.45) is 0 Å². The lowest BCUT2D eigenvalue weighted by molar-refractivity contribution is -0.248. The van der Waals surface area contributed by atoms with Gasteiger partial charge in [-0.1, -0.05) is 289 Å². The summed E-state index contributed by atoms with van der Waals surface area (Å²) in [6.45, 7) is 10.3. The van der Waals surface area contributed by atoms with E-state index in [2.05, 4.69) is 19.2 Å². The van der Waals surface area contributed by atoms with Crippen LogP contribution < -0.4 is 24.7 Å². The Kier molecular flexibility index (Phi) is 32.6. The number of esters is 2. The molecule has 0 spiro atoms. The Labute approximate surface area is 542 Å². The average molecular weight is 1320 g/mol. The lowest BCUT2D eigenvalue weighted by atomic mass is 9.83. The smallest absolute Gasteiger partial charge is 0.471 e. The zero-order valence-electron chi connectivity index (χ0n) is 53.6. The Hall–Kier alpha value is -4.58. The fraction of sp³-hybridized carbons (Fsp3) is 0.582. The number of hydrogen-bond donors (Lipinski definition) is 1. The molecule has 1 amide bonds. The summed E-state index contributed by atoms with van der Waals surface area (Å²) < 4.78 is 79.6. The number of hydrogen-bond acceptors (Lipinski definition) is 14. The number of carbonyl (C=O) groups excluding carboxylic acids is 4. The number of phosphoric acid groups is 1. The first-order chi connectivity index (χ1) is 42.7. The van der Waals surface area contributed by atoms with Gasteiger partial charge >= 0.3 is 25.9 Å². The molecule has 0 aliphatic carbocycles. The predicted molar refractivity (Wildman–Crippen MR) is 354 cm³/mol. The fourth-order valence-corrected chi connectivity index (χ4v) is 17.0. The molecule has 4 aromatic rings. The number of unbranched alkanes of at least 4 members (excludes halogenated alkanes) is 18.